The van der Waals surface area contributed by atoms with Gasteiger partial charge in [-0.1, -0.05) is 13.8 Å². The van der Waals surface area contributed by atoms with Gasteiger partial charge in [0.05, 0.1) is 24.0 Å². The summed E-state index contributed by atoms with van der Waals surface area (Å²) >= 11 is -2.27. The minimum Gasteiger partial charge on any atom is -0.771 e. The quantitative estimate of drug-likeness (QED) is 0.725. The van der Waals surface area contributed by atoms with E-state index in [2.05, 4.69) is 13.8 Å². The number of rotatable bonds is 3. The van der Waals surface area contributed by atoms with Gasteiger partial charge in [-0.3, -0.25) is 13.9 Å². The van der Waals surface area contributed by atoms with Crippen LogP contribution < -0.4 is 0 Å². The third-order valence-corrected chi connectivity index (χ3v) is 7.03. The fourth-order valence-corrected chi connectivity index (χ4v) is 6.04. The van der Waals surface area contributed by atoms with Gasteiger partial charge >= 0.3 is 0 Å². The summed E-state index contributed by atoms with van der Waals surface area (Å²) in [5.41, 5.74) is -0.950. The van der Waals surface area contributed by atoms with E-state index in [1.54, 1.807) is 0 Å². The van der Waals surface area contributed by atoms with E-state index in [4.69, 9.17) is 4.74 Å². The smallest absolute Gasteiger partial charge is 0.142 e. The van der Waals surface area contributed by atoms with E-state index in [9.17, 15) is 13.6 Å². The molecule has 2 aliphatic carbocycles. The van der Waals surface area contributed by atoms with Gasteiger partial charge < -0.3 is 9.29 Å². The largest absolute Gasteiger partial charge is 0.771 e. The minimum atomic E-state index is -2.27. The number of hydrogen-bond donors (Lipinski definition) is 0. The lowest BCUT2D eigenvalue weighted by Crippen LogP contribution is -2.59. The number of hydrogen-bond acceptors (Lipinski definition) is 5. The SMILES string of the molecule is CC1(C)C2CCC1(C(N1CCOCC1)S(=O)[O-])C(=O)C2. The first-order valence-electron chi connectivity index (χ1n) is 7.34. The first-order chi connectivity index (χ1) is 9.41. The van der Waals surface area contributed by atoms with E-state index in [1.807, 2.05) is 4.90 Å². The van der Waals surface area contributed by atoms with Crippen molar-refractivity contribution in [2.75, 3.05) is 26.3 Å². The summed E-state index contributed by atoms with van der Waals surface area (Å²) in [6.07, 6.45) is 2.22. The van der Waals surface area contributed by atoms with E-state index in [1.165, 1.54) is 0 Å². The summed E-state index contributed by atoms with van der Waals surface area (Å²) in [6, 6.07) is 0. The number of fused-ring (bicyclic) bond motifs is 2. The molecule has 3 aliphatic rings. The molecule has 4 atom stereocenters. The zero-order chi connectivity index (χ0) is 14.5. The maximum absolute atomic E-state index is 12.6. The molecule has 114 valence electrons. The van der Waals surface area contributed by atoms with Gasteiger partial charge in [0.1, 0.15) is 5.78 Å². The highest BCUT2D eigenvalue weighted by Gasteiger charge is 2.68. The van der Waals surface area contributed by atoms with E-state index in [0.717, 1.165) is 6.42 Å². The van der Waals surface area contributed by atoms with Crippen LogP contribution in [-0.2, 0) is 20.6 Å². The average Bonchev–Trinajstić information content (AvgIpc) is 2.74. The highest BCUT2D eigenvalue weighted by Crippen LogP contribution is 2.66. The molecule has 20 heavy (non-hydrogen) atoms. The molecule has 0 amide bonds. The monoisotopic (exact) mass is 300 g/mol. The second-order valence-electron chi connectivity index (χ2n) is 6.82. The summed E-state index contributed by atoms with van der Waals surface area (Å²) in [6.45, 7) is 6.43. The summed E-state index contributed by atoms with van der Waals surface area (Å²) < 4.78 is 29.3. The Balaban J connectivity index is 2.01. The summed E-state index contributed by atoms with van der Waals surface area (Å²) in [7, 11) is 0. The molecule has 3 fully saturated rings. The molecular weight excluding hydrogens is 278 g/mol. The maximum atomic E-state index is 12.6. The molecule has 4 unspecified atom stereocenters. The molecule has 0 aromatic carbocycles. The van der Waals surface area contributed by atoms with Crippen molar-refractivity contribution in [3.8, 4) is 0 Å². The molecule has 1 aliphatic heterocycles. The van der Waals surface area contributed by atoms with Gasteiger partial charge in [0.15, 0.2) is 0 Å². The molecule has 1 heterocycles. The van der Waals surface area contributed by atoms with Crippen LogP contribution in [0.2, 0.25) is 0 Å². The van der Waals surface area contributed by atoms with Gasteiger partial charge in [-0.25, -0.2) is 0 Å². The maximum Gasteiger partial charge on any atom is 0.142 e. The average molecular weight is 300 g/mol. The number of nitrogens with zero attached hydrogens (tertiary/aromatic N) is 1. The summed E-state index contributed by atoms with van der Waals surface area (Å²) in [5, 5.41) is -0.693. The highest BCUT2D eigenvalue weighted by molar-refractivity contribution is 7.79. The van der Waals surface area contributed by atoms with Crippen molar-refractivity contribution in [3.05, 3.63) is 0 Å². The van der Waals surface area contributed by atoms with Crippen molar-refractivity contribution in [1.29, 1.82) is 0 Å². The standard InChI is InChI=1S/C14H23NO4S/c1-13(2)10-3-4-14(13,11(16)9-10)12(20(17)18)15-5-7-19-8-6-15/h10,12H,3-9H2,1-2H3,(H,17,18)/p-1. The first kappa shape index (κ1) is 14.6. The number of morpholine rings is 1. The van der Waals surface area contributed by atoms with E-state index < -0.39 is 21.9 Å². The van der Waals surface area contributed by atoms with Crippen LogP contribution in [0.4, 0.5) is 0 Å². The second-order valence-corrected chi connectivity index (χ2v) is 7.78. The van der Waals surface area contributed by atoms with Crippen LogP contribution >= 0.6 is 0 Å². The van der Waals surface area contributed by atoms with Crippen molar-refractivity contribution in [3.63, 3.8) is 0 Å². The van der Waals surface area contributed by atoms with E-state index in [0.29, 0.717) is 45.1 Å². The number of carbonyl (C=O) groups is 1. The summed E-state index contributed by atoms with van der Waals surface area (Å²) in [4.78, 5) is 14.6. The third-order valence-electron chi connectivity index (χ3n) is 5.97. The molecule has 5 nitrogen and oxygen atoms in total. The second kappa shape index (κ2) is 4.87. The van der Waals surface area contributed by atoms with Crippen molar-refractivity contribution in [1.82, 2.24) is 4.90 Å². The Hall–Kier alpha value is -0.300. The first-order valence-corrected chi connectivity index (χ1v) is 8.48. The van der Waals surface area contributed by atoms with E-state index >= 15 is 0 Å². The van der Waals surface area contributed by atoms with Crippen LogP contribution in [0.15, 0.2) is 0 Å². The van der Waals surface area contributed by atoms with Crippen molar-refractivity contribution < 1.29 is 18.3 Å². The van der Waals surface area contributed by atoms with Crippen LogP contribution in [0.5, 0.6) is 0 Å². The van der Waals surface area contributed by atoms with Crippen LogP contribution in [0.1, 0.15) is 33.1 Å². The normalized spacial score (nSPS) is 40.0. The third kappa shape index (κ3) is 1.78. The van der Waals surface area contributed by atoms with Gasteiger partial charge in [0.25, 0.3) is 0 Å². The lowest BCUT2D eigenvalue weighted by Gasteiger charge is -2.49. The lowest BCUT2D eigenvalue weighted by atomic mass is 9.68. The van der Waals surface area contributed by atoms with Crippen LogP contribution in [-0.4, -0.2) is 51.1 Å². The Bertz CT molecular complexity index is 446. The fraction of sp³-hybridized carbons (Fsp3) is 0.929. The van der Waals surface area contributed by atoms with E-state index in [-0.39, 0.29) is 11.2 Å². The zero-order valence-corrected chi connectivity index (χ0v) is 12.9. The number of carbonyl (C=O) groups excluding carboxylic acids is 1. The molecular formula is C14H22NO4S-. The van der Waals surface area contributed by atoms with Crippen molar-refractivity contribution in [2.45, 2.75) is 38.5 Å². The molecule has 0 aromatic rings. The predicted molar refractivity (Wildman–Crippen MR) is 73.7 cm³/mol. The van der Waals surface area contributed by atoms with Gasteiger partial charge in [-0.2, -0.15) is 0 Å². The fourth-order valence-electron chi connectivity index (χ4n) is 4.70. The van der Waals surface area contributed by atoms with Crippen LogP contribution in [0, 0.1) is 16.7 Å². The zero-order valence-electron chi connectivity index (χ0n) is 12.1. The van der Waals surface area contributed by atoms with Crippen LogP contribution in [0.3, 0.4) is 0 Å². The van der Waals surface area contributed by atoms with Crippen LogP contribution in [0.25, 0.3) is 0 Å². The highest BCUT2D eigenvalue weighted by atomic mass is 32.2. The Morgan fingerprint density at radius 2 is 2.05 bits per heavy atom. The topological polar surface area (TPSA) is 69.7 Å². The van der Waals surface area contributed by atoms with Gasteiger partial charge in [-0.05, 0) is 35.3 Å². The van der Waals surface area contributed by atoms with Gasteiger partial charge in [-0.15, -0.1) is 0 Å². The predicted octanol–water partition coefficient (Wildman–Crippen LogP) is 0.919. The lowest BCUT2D eigenvalue weighted by molar-refractivity contribution is -0.133. The molecule has 2 bridgehead atoms. The number of Topliss-reactive ketones (excluding diaryl/α,β-unsaturated/α-hetero) is 1. The van der Waals surface area contributed by atoms with Crippen molar-refractivity contribution in [2.24, 2.45) is 16.7 Å². The van der Waals surface area contributed by atoms with Gasteiger partial charge in [0, 0.05) is 19.5 Å². The molecule has 0 N–H and O–H groups in total. The Morgan fingerprint density at radius 1 is 1.40 bits per heavy atom. The molecule has 1 saturated heterocycles. The number of ether oxygens (including phenoxy) is 1. The number of ketones is 1. The molecule has 2 saturated carbocycles. The molecule has 0 spiro atoms. The molecule has 0 radical (unpaired) electrons. The minimum absolute atomic E-state index is 0.152. The molecule has 6 heteroatoms. The van der Waals surface area contributed by atoms with Gasteiger partial charge in [0.2, 0.25) is 0 Å². The summed E-state index contributed by atoms with van der Waals surface area (Å²) in [5.74, 6) is 0.488. The van der Waals surface area contributed by atoms with Crippen molar-refractivity contribution >= 4 is 16.9 Å². The Kier molecular flexibility index (Phi) is 3.56. The Labute approximate surface area is 122 Å². The Morgan fingerprint density at radius 3 is 2.50 bits per heavy atom. The molecule has 3 rings (SSSR count). The molecule has 0 aromatic heterocycles.